The highest BCUT2D eigenvalue weighted by atomic mass is 16.5. The molecule has 0 aromatic heterocycles. The molecule has 94 valence electrons. The molecule has 0 fully saturated rings. The molecule has 0 amide bonds. The van der Waals surface area contributed by atoms with Gasteiger partial charge in [-0.15, -0.1) is 0 Å². The van der Waals surface area contributed by atoms with Crippen LogP contribution in [0.15, 0.2) is 24.3 Å². The summed E-state index contributed by atoms with van der Waals surface area (Å²) in [4.78, 5) is 11.3. The number of ketones is 1. The lowest BCUT2D eigenvalue weighted by Crippen LogP contribution is -2.15. The first-order chi connectivity index (χ1) is 8.17. The van der Waals surface area contributed by atoms with Crippen LogP contribution >= 0.6 is 0 Å². The number of rotatable bonds is 7. The molecule has 1 aromatic carbocycles. The lowest BCUT2D eigenvalue weighted by molar-refractivity contribution is -0.124. The van der Waals surface area contributed by atoms with Gasteiger partial charge in [-0.3, -0.25) is 4.79 Å². The number of benzene rings is 1. The van der Waals surface area contributed by atoms with E-state index in [1.807, 2.05) is 38.1 Å². The maximum absolute atomic E-state index is 11.3. The topological polar surface area (TPSA) is 35.5 Å². The molecule has 0 aliphatic carbocycles. The van der Waals surface area contributed by atoms with Gasteiger partial charge in [0.15, 0.2) is 0 Å². The Kier molecular flexibility index (Phi) is 5.70. The first-order valence-electron chi connectivity index (χ1n) is 5.90. The normalized spacial score (nSPS) is 12.2. The summed E-state index contributed by atoms with van der Waals surface area (Å²) < 4.78 is 10.6. The number of hydrogen-bond acceptors (Lipinski definition) is 3. The van der Waals surface area contributed by atoms with Gasteiger partial charge >= 0.3 is 0 Å². The van der Waals surface area contributed by atoms with Crippen molar-refractivity contribution < 1.29 is 14.3 Å². The van der Waals surface area contributed by atoms with Crippen LogP contribution < -0.4 is 4.74 Å². The highest BCUT2D eigenvalue weighted by Gasteiger charge is 2.10. The molecule has 0 unspecified atom stereocenters. The highest BCUT2D eigenvalue weighted by molar-refractivity contribution is 5.80. The molecule has 0 aliphatic rings. The van der Waals surface area contributed by atoms with E-state index in [0.717, 1.165) is 11.3 Å². The van der Waals surface area contributed by atoms with Crippen molar-refractivity contribution in [3.63, 3.8) is 0 Å². The molecular formula is C14H20O3. The van der Waals surface area contributed by atoms with Crippen molar-refractivity contribution in [2.45, 2.75) is 26.9 Å². The van der Waals surface area contributed by atoms with Crippen LogP contribution in [-0.4, -0.2) is 19.5 Å². The third kappa shape index (κ3) is 4.57. The second kappa shape index (κ2) is 7.07. The minimum absolute atomic E-state index is 0.0155. The molecule has 0 spiro atoms. The van der Waals surface area contributed by atoms with Crippen molar-refractivity contribution in [1.29, 1.82) is 0 Å². The molecule has 0 heterocycles. The van der Waals surface area contributed by atoms with E-state index in [1.54, 1.807) is 7.11 Å². The molecule has 1 atom stereocenters. The van der Waals surface area contributed by atoms with E-state index in [1.165, 1.54) is 0 Å². The SMILES string of the molecule is CCC(=O)[C@@H](C)COCc1ccc(OC)cc1. The second-order valence-electron chi connectivity index (χ2n) is 4.08. The molecule has 0 N–H and O–H groups in total. The molecule has 3 heteroatoms. The first kappa shape index (κ1) is 13.7. The molecule has 3 nitrogen and oxygen atoms in total. The Hall–Kier alpha value is -1.35. The third-order valence-corrected chi connectivity index (χ3v) is 2.69. The van der Waals surface area contributed by atoms with Crippen molar-refractivity contribution in [3.8, 4) is 5.75 Å². The Balaban J connectivity index is 2.33. The van der Waals surface area contributed by atoms with Crippen LogP contribution in [-0.2, 0) is 16.1 Å². The summed E-state index contributed by atoms with van der Waals surface area (Å²) in [6, 6.07) is 7.73. The maximum Gasteiger partial charge on any atom is 0.137 e. The average molecular weight is 236 g/mol. The molecule has 1 aromatic rings. The van der Waals surface area contributed by atoms with Gasteiger partial charge in [0.1, 0.15) is 11.5 Å². The van der Waals surface area contributed by atoms with Gasteiger partial charge < -0.3 is 9.47 Å². The van der Waals surface area contributed by atoms with Crippen molar-refractivity contribution in [1.82, 2.24) is 0 Å². The van der Waals surface area contributed by atoms with E-state index in [2.05, 4.69) is 0 Å². The monoisotopic (exact) mass is 236 g/mol. The number of hydrogen-bond donors (Lipinski definition) is 0. The largest absolute Gasteiger partial charge is 0.497 e. The Morgan fingerprint density at radius 3 is 2.47 bits per heavy atom. The van der Waals surface area contributed by atoms with Crippen LogP contribution in [0.5, 0.6) is 5.75 Å². The van der Waals surface area contributed by atoms with Crippen LogP contribution in [0.2, 0.25) is 0 Å². The average Bonchev–Trinajstić information content (AvgIpc) is 2.38. The van der Waals surface area contributed by atoms with Crippen molar-refractivity contribution >= 4 is 5.78 Å². The predicted octanol–water partition coefficient (Wildman–Crippen LogP) is 2.83. The van der Waals surface area contributed by atoms with Crippen LogP contribution in [0.1, 0.15) is 25.8 Å². The van der Waals surface area contributed by atoms with Gasteiger partial charge in [-0.05, 0) is 17.7 Å². The zero-order chi connectivity index (χ0) is 12.7. The minimum atomic E-state index is -0.0155. The Labute approximate surface area is 103 Å². The predicted molar refractivity (Wildman–Crippen MR) is 67.1 cm³/mol. The Morgan fingerprint density at radius 2 is 1.94 bits per heavy atom. The fraction of sp³-hybridized carbons (Fsp3) is 0.500. The maximum atomic E-state index is 11.3. The van der Waals surface area contributed by atoms with Crippen LogP contribution in [0.4, 0.5) is 0 Å². The molecule has 17 heavy (non-hydrogen) atoms. The third-order valence-electron chi connectivity index (χ3n) is 2.69. The molecule has 0 aliphatic heterocycles. The van der Waals surface area contributed by atoms with E-state index in [4.69, 9.17) is 9.47 Å². The zero-order valence-corrected chi connectivity index (χ0v) is 10.7. The van der Waals surface area contributed by atoms with Crippen molar-refractivity contribution in [3.05, 3.63) is 29.8 Å². The molecule has 0 bridgehead atoms. The van der Waals surface area contributed by atoms with Crippen molar-refractivity contribution in [2.75, 3.05) is 13.7 Å². The fourth-order valence-electron chi connectivity index (χ4n) is 1.52. The second-order valence-corrected chi connectivity index (χ2v) is 4.08. The summed E-state index contributed by atoms with van der Waals surface area (Å²) in [5.74, 6) is 1.07. The quantitative estimate of drug-likeness (QED) is 0.730. The van der Waals surface area contributed by atoms with Gasteiger partial charge in [-0.2, -0.15) is 0 Å². The van der Waals surface area contributed by atoms with E-state index < -0.39 is 0 Å². The van der Waals surface area contributed by atoms with Gasteiger partial charge in [-0.1, -0.05) is 26.0 Å². The number of methoxy groups -OCH3 is 1. The summed E-state index contributed by atoms with van der Waals surface area (Å²) in [6.45, 7) is 4.80. The number of carbonyl (C=O) groups is 1. The Bertz CT molecular complexity index is 343. The summed E-state index contributed by atoms with van der Waals surface area (Å²) in [7, 11) is 1.64. The molecule has 1 rings (SSSR count). The zero-order valence-electron chi connectivity index (χ0n) is 10.7. The standard InChI is InChI=1S/C14H20O3/c1-4-14(15)11(2)9-17-10-12-5-7-13(16-3)8-6-12/h5-8,11H,4,9-10H2,1-3H3/t11-/m0/s1. The van der Waals surface area contributed by atoms with Gasteiger partial charge in [-0.25, -0.2) is 0 Å². The van der Waals surface area contributed by atoms with Crippen molar-refractivity contribution in [2.24, 2.45) is 5.92 Å². The lowest BCUT2D eigenvalue weighted by Gasteiger charge is -2.10. The van der Waals surface area contributed by atoms with Gasteiger partial charge in [0, 0.05) is 12.3 Å². The summed E-state index contributed by atoms with van der Waals surface area (Å²) in [6.07, 6.45) is 0.576. The van der Waals surface area contributed by atoms with Gasteiger partial charge in [0.25, 0.3) is 0 Å². The van der Waals surface area contributed by atoms with E-state index >= 15 is 0 Å². The number of ether oxygens (including phenoxy) is 2. The summed E-state index contributed by atoms with van der Waals surface area (Å²) in [5.41, 5.74) is 1.09. The van der Waals surface area contributed by atoms with Gasteiger partial charge in [0.05, 0.1) is 20.3 Å². The summed E-state index contributed by atoms with van der Waals surface area (Å²) in [5, 5.41) is 0. The van der Waals surface area contributed by atoms with E-state index in [0.29, 0.717) is 19.6 Å². The number of carbonyl (C=O) groups excluding carboxylic acids is 1. The highest BCUT2D eigenvalue weighted by Crippen LogP contribution is 2.12. The summed E-state index contributed by atoms with van der Waals surface area (Å²) >= 11 is 0. The van der Waals surface area contributed by atoms with Crippen LogP contribution in [0.3, 0.4) is 0 Å². The van der Waals surface area contributed by atoms with E-state index in [-0.39, 0.29) is 11.7 Å². The van der Waals surface area contributed by atoms with E-state index in [9.17, 15) is 4.79 Å². The van der Waals surface area contributed by atoms with Crippen LogP contribution in [0.25, 0.3) is 0 Å². The molecule has 0 radical (unpaired) electrons. The molecule has 0 saturated carbocycles. The van der Waals surface area contributed by atoms with Gasteiger partial charge in [0.2, 0.25) is 0 Å². The fourth-order valence-corrected chi connectivity index (χ4v) is 1.52. The molecule has 0 saturated heterocycles. The Morgan fingerprint density at radius 1 is 1.29 bits per heavy atom. The first-order valence-corrected chi connectivity index (χ1v) is 5.90. The minimum Gasteiger partial charge on any atom is -0.497 e. The van der Waals surface area contributed by atoms with Crippen LogP contribution in [0, 0.1) is 5.92 Å². The number of Topliss-reactive ketones (excluding diaryl/α,β-unsaturated/α-hetero) is 1. The smallest absolute Gasteiger partial charge is 0.137 e. The lowest BCUT2D eigenvalue weighted by atomic mass is 10.1. The molecular weight excluding hydrogens is 216 g/mol.